The van der Waals surface area contributed by atoms with E-state index in [-0.39, 0.29) is 10.8 Å². The van der Waals surface area contributed by atoms with Crippen molar-refractivity contribution >= 4 is 0 Å². The lowest BCUT2D eigenvalue weighted by molar-refractivity contribution is -0.142. The molecule has 0 N–H and O–H groups in total. The maximum Gasteiger partial charge on any atom is 0.0630 e. The zero-order valence-electron chi connectivity index (χ0n) is 12.6. The van der Waals surface area contributed by atoms with Crippen molar-refractivity contribution in [3.63, 3.8) is 0 Å². The topological polar surface area (TPSA) is 9.23 Å². The van der Waals surface area contributed by atoms with Crippen molar-refractivity contribution in [1.82, 2.24) is 0 Å². The first-order valence-electron chi connectivity index (χ1n) is 6.90. The van der Waals surface area contributed by atoms with Crippen LogP contribution in [0.2, 0.25) is 0 Å². The Balaban J connectivity index is 2.55. The van der Waals surface area contributed by atoms with Crippen molar-refractivity contribution < 1.29 is 4.74 Å². The normalized spacial score (nSPS) is 45.0. The summed E-state index contributed by atoms with van der Waals surface area (Å²) >= 11 is 0. The van der Waals surface area contributed by atoms with Crippen LogP contribution in [0.25, 0.3) is 0 Å². The van der Waals surface area contributed by atoms with Gasteiger partial charge in [0.2, 0.25) is 0 Å². The molecule has 1 nitrogen and oxygen atoms in total. The summed E-state index contributed by atoms with van der Waals surface area (Å²) in [6, 6.07) is 0. The minimum atomic E-state index is 0.219. The summed E-state index contributed by atoms with van der Waals surface area (Å²) in [5, 5.41) is 0. The standard InChI is InChI=1S/C16H28O/c1-11-10-15(5)9-8-13(17-7)14(3,4)16(15,6)12(11)2/h13H,8-10H2,1-7H3/t13-,15+,16+/m0/s1. The molecule has 0 amide bonds. The molecule has 0 bridgehead atoms. The third-order valence-corrected chi connectivity index (χ3v) is 6.59. The second kappa shape index (κ2) is 3.60. The fraction of sp³-hybridized carbons (Fsp3) is 0.875. The summed E-state index contributed by atoms with van der Waals surface area (Å²) in [4.78, 5) is 0. The summed E-state index contributed by atoms with van der Waals surface area (Å²) in [6.07, 6.45) is 4.16. The molecule has 0 spiro atoms. The third-order valence-electron chi connectivity index (χ3n) is 6.59. The van der Waals surface area contributed by atoms with Gasteiger partial charge < -0.3 is 4.74 Å². The molecule has 1 fully saturated rings. The number of fused-ring (bicyclic) bond motifs is 1. The van der Waals surface area contributed by atoms with Gasteiger partial charge in [0, 0.05) is 17.9 Å². The molecule has 1 heteroatoms. The van der Waals surface area contributed by atoms with E-state index >= 15 is 0 Å². The van der Waals surface area contributed by atoms with Gasteiger partial charge in [0.05, 0.1) is 6.10 Å². The molecular formula is C16H28O. The Kier molecular flexibility index (Phi) is 2.78. The molecule has 0 aromatic heterocycles. The van der Waals surface area contributed by atoms with Crippen molar-refractivity contribution in [1.29, 1.82) is 0 Å². The van der Waals surface area contributed by atoms with E-state index in [0.29, 0.717) is 11.5 Å². The summed E-state index contributed by atoms with van der Waals surface area (Å²) < 4.78 is 5.79. The molecule has 0 unspecified atom stereocenters. The highest BCUT2D eigenvalue weighted by molar-refractivity contribution is 5.35. The minimum absolute atomic E-state index is 0.219. The van der Waals surface area contributed by atoms with E-state index < -0.39 is 0 Å². The SMILES string of the molecule is CO[C@H]1CC[C@]2(C)CC(C)=C(C)[C@]2(C)C1(C)C. The zero-order chi connectivity index (χ0) is 13.1. The molecule has 2 aliphatic carbocycles. The maximum atomic E-state index is 5.79. The smallest absolute Gasteiger partial charge is 0.0630 e. The molecule has 3 atom stereocenters. The molecule has 2 aliphatic rings. The van der Waals surface area contributed by atoms with E-state index in [4.69, 9.17) is 4.74 Å². The van der Waals surface area contributed by atoms with E-state index in [1.807, 2.05) is 7.11 Å². The number of hydrogen-bond acceptors (Lipinski definition) is 1. The molecule has 0 heterocycles. The summed E-state index contributed by atoms with van der Waals surface area (Å²) in [6.45, 7) is 14.4. The maximum absolute atomic E-state index is 5.79. The van der Waals surface area contributed by atoms with Crippen molar-refractivity contribution in [3.05, 3.63) is 11.1 Å². The predicted octanol–water partition coefficient (Wildman–Crippen LogP) is 4.57. The average Bonchev–Trinajstić information content (AvgIpc) is 2.41. The van der Waals surface area contributed by atoms with Crippen LogP contribution in [0.3, 0.4) is 0 Å². The van der Waals surface area contributed by atoms with Crippen molar-refractivity contribution in [2.75, 3.05) is 7.11 Å². The highest BCUT2D eigenvalue weighted by Gasteiger charge is 2.63. The number of allylic oxidation sites excluding steroid dienone is 2. The first-order chi connectivity index (χ1) is 7.70. The van der Waals surface area contributed by atoms with Crippen LogP contribution in [0, 0.1) is 16.2 Å². The van der Waals surface area contributed by atoms with Crippen molar-refractivity contribution in [3.8, 4) is 0 Å². The Morgan fingerprint density at radius 1 is 1.12 bits per heavy atom. The van der Waals surface area contributed by atoms with Crippen LogP contribution in [-0.2, 0) is 4.74 Å². The molecule has 0 aromatic carbocycles. The second-order valence-corrected chi connectivity index (χ2v) is 7.25. The molecule has 98 valence electrons. The van der Waals surface area contributed by atoms with E-state index in [1.165, 1.54) is 19.3 Å². The van der Waals surface area contributed by atoms with E-state index in [0.717, 1.165) is 0 Å². The van der Waals surface area contributed by atoms with Crippen LogP contribution in [0.4, 0.5) is 0 Å². The molecule has 0 aliphatic heterocycles. The van der Waals surface area contributed by atoms with Gasteiger partial charge in [-0.2, -0.15) is 0 Å². The van der Waals surface area contributed by atoms with Crippen molar-refractivity contribution in [2.45, 2.75) is 66.9 Å². The van der Waals surface area contributed by atoms with Crippen LogP contribution >= 0.6 is 0 Å². The number of hydrogen-bond donors (Lipinski definition) is 0. The van der Waals surface area contributed by atoms with Crippen LogP contribution in [0.1, 0.15) is 60.8 Å². The lowest BCUT2D eigenvalue weighted by atomic mass is 9.46. The van der Waals surface area contributed by atoms with E-state index in [9.17, 15) is 0 Å². The van der Waals surface area contributed by atoms with Gasteiger partial charge in [-0.1, -0.05) is 38.8 Å². The van der Waals surface area contributed by atoms with Gasteiger partial charge in [0.15, 0.2) is 0 Å². The van der Waals surface area contributed by atoms with Crippen molar-refractivity contribution in [2.24, 2.45) is 16.2 Å². The summed E-state index contributed by atoms with van der Waals surface area (Å²) in [5.74, 6) is 0. The zero-order valence-corrected chi connectivity index (χ0v) is 12.6. The molecule has 2 rings (SSSR count). The largest absolute Gasteiger partial charge is 0.381 e. The molecule has 1 saturated carbocycles. The molecule has 0 aromatic rings. The van der Waals surface area contributed by atoms with Gasteiger partial charge in [-0.15, -0.1) is 0 Å². The average molecular weight is 236 g/mol. The molecule has 0 radical (unpaired) electrons. The number of rotatable bonds is 1. The Hall–Kier alpha value is -0.300. The Bertz CT molecular complexity index is 366. The van der Waals surface area contributed by atoms with E-state index in [2.05, 4.69) is 41.5 Å². The predicted molar refractivity (Wildman–Crippen MR) is 73.0 cm³/mol. The van der Waals surface area contributed by atoms with Crippen LogP contribution in [0.15, 0.2) is 11.1 Å². The fourth-order valence-electron chi connectivity index (χ4n) is 4.92. The highest BCUT2D eigenvalue weighted by atomic mass is 16.5. The third kappa shape index (κ3) is 1.35. The summed E-state index contributed by atoms with van der Waals surface area (Å²) in [5.41, 5.74) is 4.16. The van der Waals surface area contributed by atoms with Gasteiger partial charge in [-0.05, 0) is 38.5 Å². The Morgan fingerprint density at radius 2 is 1.71 bits per heavy atom. The molecule has 17 heavy (non-hydrogen) atoms. The first-order valence-corrected chi connectivity index (χ1v) is 6.90. The number of methoxy groups -OCH3 is 1. The monoisotopic (exact) mass is 236 g/mol. The van der Waals surface area contributed by atoms with Gasteiger partial charge >= 0.3 is 0 Å². The summed E-state index contributed by atoms with van der Waals surface area (Å²) in [7, 11) is 1.87. The van der Waals surface area contributed by atoms with Gasteiger partial charge in [0.1, 0.15) is 0 Å². The van der Waals surface area contributed by atoms with Crippen LogP contribution < -0.4 is 0 Å². The highest BCUT2D eigenvalue weighted by Crippen LogP contribution is 2.69. The Labute approximate surface area is 107 Å². The van der Waals surface area contributed by atoms with Crippen LogP contribution in [0.5, 0.6) is 0 Å². The quantitative estimate of drug-likeness (QED) is 0.606. The lowest BCUT2D eigenvalue weighted by Gasteiger charge is -2.60. The first kappa shape index (κ1) is 13.1. The fourth-order valence-corrected chi connectivity index (χ4v) is 4.92. The van der Waals surface area contributed by atoms with Gasteiger partial charge in [-0.3, -0.25) is 0 Å². The van der Waals surface area contributed by atoms with Gasteiger partial charge in [-0.25, -0.2) is 0 Å². The Morgan fingerprint density at radius 3 is 2.24 bits per heavy atom. The minimum Gasteiger partial charge on any atom is -0.381 e. The van der Waals surface area contributed by atoms with E-state index in [1.54, 1.807) is 11.1 Å². The molecular weight excluding hydrogens is 208 g/mol. The second-order valence-electron chi connectivity index (χ2n) is 7.25. The number of ether oxygens (including phenoxy) is 1. The van der Waals surface area contributed by atoms with Crippen LogP contribution in [-0.4, -0.2) is 13.2 Å². The lowest BCUT2D eigenvalue weighted by Crippen LogP contribution is -2.56. The molecule has 0 saturated heterocycles. The van der Waals surface area contributed by atoms with Gasteiger partial charge in [0.25, 0.3) is 0 Å².